The molecule has 2 saturated carbocycles. The number of nitro benzene ring substituents is 1. The fourth-order valence-electron chi connectivity index (χ4n) is 3.38. The Morgan fingerprint density at radius 1 is 1.33 bits per heavy atom. The molecule has 0 saturated heterocycles. The van der Waals surface area contributed by atoms with Gasteiger partial charge < -0.3 is 5.32 Å². The van der Waals surface area contributed by atoms with Gasteiger partial charge in [-0.05, 0) is 37.2 Å². The summed E-state index contributed by atoms with van der Waals surface area (Å²) in [4.78, 5) is 9.83. The first-order valence-electron chi connectivity index (χ1n) is 6.34. The fraction of sp³-hybridized carbons (Fsp3) is 0.538. The molecule has 0 amide bonds. The minimum Gasteiger partial charge on any atom is -0.382 e. The van der Waals surface area contributed by atoms with E-state index in [4.69, 9.17) is 0 Å². The van der Waals surface area contributed by atoms with E-state index >= 15 is 0 Å². The molecule has 4 nitrogen and oxygen atoms in total. The van der Waals surface area contributed by atoms with E-state index in [0.29, 0.717) is 17.6 Å². The normalized spacial score (nSPS) is 29.5. The van der Waals surface area contributed by atoms with Gasteiger partial charge in [-0.3, -0.25) is 10.1 Å². The number of rotatable bonds is 3. The Hall–Kier alpha value is -1.65. The highest BCUT2D eigenvalue weighted by atomic mass is 19.1. The smallest absolute Gasteiger partial charge is 0.304 e. The van der Waals surface area contributed by atoms with E-state index in [1.54, 1.807) is 6.07 Å². The lowest BCUT2D eigenvalue weighted by Gasteiger charge is -2.23. The third kappa shape index (κ3) is 1.94. The lowest BCUT2D eigenvalue weighted by atomic mass is 9.95. The number of hydrogen-bond acceptors (Lipinski definition) is 3. The van der Waals surface area contributed by atoms with E-state index in [-0.39, 0.29) is 0 Å². The zero-order valence-corrected chi connectivity index (χ0v) is 9.93. The second-order valence-electron chi connectivity index (χ2n) is 5.35. The van der Waals surface area contributed by atoms with Gasteiger partial charge in [-0.25, -0.2) is 0 Å². The first kappa shape index (κ1) is 11.4. The van der Waals surface area contributed by atoms with Crippen molar-refractivity contribution >= 4 is 11.4 Å². The zero-order chi connectivity index (χ0) is 12.7. The molecule has 1 N–H and O–H groups in total. The van der Waals surface area contributed by atoms with Gasteiger partial charge in [0.05, 0.1) is 4.92 Å². The Balaban J connectivity index is 1.74. The molecule has 3 rings (SSSR count). The average Bonchev–Trinajstić information content (AvgIpc) is 2.90. The highest BCUT2D eigenvalue weighted by molar-refractivity contribution is 5.50. The molecule has 0 radical (unpaired) electrons. The molecule has 0 spiro atoms. The quantitative estimate of drug-likeness (QED) is 0.661. The van der Waals surface area contributed by atoms with Crippen LogP contribution in [0.1, 0.15) is 25.7 Å². The van der Waals surface area contributed by atoms with Crippen LogP contribution in [0.5, 0.6) is 0 Å². The summed E-state index contributed by atoms with van der Waals surface area (Å²) >= 11 is 0. The maximum atomic E-state index is 13.5. The van der Waals surface area contributed by atoms with Crippen molar-refractivity contribution in [2.75, 3.05) is 5.32 Å². The van der Waals surface area contributed by atoms with Crippen LogP contribution in [-0.2, 0) is 0 Å². The first-order chi connectivity index (χ1) is 8.63. The van der Waals surface area contributed by atoms with Crippen LogP contribution in [0.15, 0.2) is 18.2 Å². The van der Waals surface area contributed by atoms with Crippen LogP contribution in [0.4, 0.5) is 15.8 Å². The van der Waals surface area contributed by atoms with Gasteiger partial charge in [0.2, 0.25) is 5.82 Å². The predicted octanol–water partition coefficient (Wildman–Crippen LogP) is 3.33. The molecule has 2 fully saturated rings. The van der Waals surface area contributed by atoms with E-state index < -0.39 is 16.4 Å². The third-order valence-corrected chi connectivity index (χ3v) is 4.23. The number of nitrogens with zero attached hydrogens (tertiary/aromatic N) is 1. The molecule has 18 heavy (non-hydrogen) atoms. The van der Waals surface area contributed by atoms with Crippen LogP contribution in [0.2, 0.25) is 0 Å². The molecule has 0 aromatic heterocycles. The summed E-state index contributed by atoms with van der Waals surface area (Å²) in [7, 11) is 0. The van der Waals surface area contributed by atoms with Gasteiger partial charge in [0.25, 0.3) is 0 Å². The monoisotopic (exact) mass is 250 g/mol. The summed E-state index contributed by atoms with van der Waals surface area (Å²) in [6, 6.07) is 4.45. The maximum Gasteiger partial charge on any atom is 0.304 e. The lowest BCUT2D eigenvalue weighted by Crippen LogP contribution is -2.25. The number of hydrogen-bond donors (Lipinski definition) is 1. The molecule has 5 heteroatoms. The third-order valence-electron chi connectivity index (χ3n) is 4.23. The standard InChI is InChI=1S/C13H15FN2O2/c14-11-7-10(3-4-13(11)16(17)18)15-12-6-8-1-2-9(12)5-8/h3-4,7-9,12,15H,1-2,5-6H2. The molecule has 96 valence electrons. The number of benzene rings is 1. The van der Waals surface area contributed by atoms with Crippen molar-refractivity contribution in [3.05, 3.63) is 34.1 Å². The van der Waals surface area contributed by atoms with Crippen LogP contribution in [0.25, 0.3) is 0 Å². The number of fused-ring (bicyclic) bond motifs is 2. The Kier molecular flexibility index (Phi) is 2.69. The number of halogens is 1. The van der Waals surface area contributed by atoms with Crippen molar-refractivity contribution < 1.29 is 9.31 Å². The van der Waals surface area contributed by atoms with E-state index in [1.807, 2.05) is 0 Å². The van der Waals surface area contributed by atoms with Gasteiger partial charge in [0, 0.05) is 23.9 Å². The minimum atomic E-state index is -0.770. The fourth-order valence-corrected chi connectivity index (χ4v) is 3.38. The molecule has 3 unspecified atom stereocenters. The summed E-state index contributed by atoms with van der Waals surface area (Å²) in [6.45, 7) is 0. The molecule has 2 bridgehead atoms. The van der Waals surface area contributed by atoms with Crippen LogP contribution >= 0.6 is 0 Å². The molecule has 3 atom stereocenters. The molecular formula is C13H15FN2O2. The summed E-state index contributed by atoms with van der Waals surface area (Å²) in [5.41, 5.74) is 0.184. The summed E-state index contributed by atoms with van der Waals surface area (Å²) < 4.78 is 13.5. The van der Waals surface area contributed by atoms with E-state index in [2.05, 4.69) is 5.32 Å². The first-order valence-corrected chi connectivity index (χ1v) is 6.34. The van der Waals surface area contributed by atoms with Gasteiger partial charge in [0.1, 0.15) is 0 Å². The van der Waals surface area contributed by atoms with Crippen LogP contribution < -0.4 is 5.32 Å². The van der Waals surface area contributed by atoms with Crippen molar-refractivity contribution in [2.24, 2.45) is 11.8 Å². The molecule has 1 aromatic carbocycles. The highest BCUT2D eigenvalue weighted by Crippen LogP contribution is 2.45. The molecule has 2 aliphatic carbocycles. The molecular weight excluding hydrogens is 235 g/mol. The van der Waals surface area contributed by atoms with Gasteiger partial charge in [-0.15, -0.1) is 0 Å². The minimum absolute atomic E-state index is 0.407. The Labute approximate surface area is 104 Å². The summed E-state index contributed by atoms with van der Waals surface area (Å²) in [5, 5.41) is 13.8. The molecule has 1 aromatic rings. The van der Waals surface area contributed by atoms with Gasteiger partial charge in [-0.1, -0.05) is 6.42 Å². The van der Waals surface area contributed by atoms with Crippen molar-refractivity contribution in [3.63, 3.8) is 0 Å². The Morgan fingerprint density at radius 3 is 2.72 bits per heavy atom. The number of nitrogens with one attached hydrogen (secondary N) is 1. The van der Waals surface area contributed by atoms with E-state index in [9.17, 15) is 14.5 Å². The highest BCUT2D eigenvalue weighted by Gasteiger charge is 2.39. The number of nitro groups is 1. The van der Waals surface area contributed by atoms with E-state index in [1.165, 1.54) is 31.4 Å². The second kappa shape index (κ2) is 4.23. The summed E-state index contributed by atoms with van der Waals surface area (Å²) in [5.74, 6) is 0.733. The SMILES string of the molecule is O=[N+]([O-])c1ccc(NC2CC3CCC2C3)cc1F. The number of anilines is 1. The lowest BCUT2D eigenvalue weighted by molar-refractivity contribution is -0.387. The largest absolute Gasteiger partial charge is 0.382 e. The Bertz CT molecular complexity index is 492. The topological polar surface area (TPSA) is 55.2 Å². The van der Waals surface area contributed by atoms with Crippen molar-refractivity contribution in [3.8, 4) is 0 Å². The van der Waals surface area contributed by atoms with Crippen molar-refractivity contribution in [1.29, 1.82) is 0 Å². The van der Waals surface area contributed by atoms with Crippen LogP contribution in [0.3, 0.4) is 0 Å². The molecule has 0 heterocycles. The summed E-state index contributed by atoms with van der Waals surface area (Å²) in [6.07, 6.45) is 4.98. The molecule has 0 aliphatic heterocycles. The maximum absolute atomic E-state index is 13.5. The zero-order valence-electron chi connectivity index (χ0n) is 9.93. The second-order valence-corrected chi connectivity index (χ2v) is 5.35. The average molecular weight is 250 g/mol. The van der Waals surface area contributed by atoms with Gasteiger partial charge in [0.15, 0.2) is 0 Å². The Morgan fingerprint density at radius 2 is 2.17 bits per heavy atom. The van der Waals surface area contributed by atoms with Crippen LogP contribution in [-0.4, -0.2) is 11.0 Å². The van der Waals surface area contributed by atoms with Gasteiger partial charge >= 0.3 is 5.69 Å². The van der Waals surface area contributed by atoms with Crippen molar-refractivity contribution in [2.45, 2.75) is 31.7 Å². The molecule has 2 aliphatic rings. The van der Waals surface area contributed by atoms with Crippen molar-refractivity contribution in [1.82, 2.24) is 0 Å². The van der Waals surface area contributed by atoms with E-state index in [0.717, 1.165) is 12.3 Å². The predicted molar refractivity (Wildman–Crippen MR) is 65.9 cm³/mol. The van der Waals surface area contributed by atoms with Gasteiger partial charge in [-0.2, -0.15) is 4.39 Å². The van der Waals surface area contributed by atoms with Crippen LogP contribution in [0, 0.1) is 27.8 Å².